The van der Waals surface area contributed by atoms with Crippen LogP contribution in [-0.4, -0.2) is 11.6 Å². The smallest absolute Gasteiger partial charge is 0.146 e. The van der Waals surface area contributed by atoms with Crippen LogP contribution in [0, 0.1) is 28.6 Å². The molecule has 0 radical (unpaired) electrons. The molecule has 3 saturated carbocycles. The summed E-state index contributed by atoms with van der Waals surface area (Å²) in [6.07, 6.45) is 10.2. The number of rotatable bonds is 0. The van der Waals surface area contributed by atoms with Gasteiger partial charge >= 0.3 is 0 Å². The van der Waals surface area contributed by atoms with Crippen molar-refractivity contribution in [3.63, 3.8) is 0 Å². The number of hydrogen-bond donors (Lipinski definition) is 0. The second-order valence-corrected chi connectivity index (χ2v) is 8.39. The predicted octanol–water partition coefficient (Wildman–Crippen LogP) is 4.09. The summed E-state index contributed by atoms with van der Waals surface area (Å²) in [6, 6.07) is 0. The van der Waals surface area contributed by atoms with E-state index in [1.807, 2.05) is 0 Å². The Kier molecular flexibility index (Phi) is 2.81. The van der Waals surface area contributed by atoms with Crippen LogP contribution in [0.2, 0.25) is 0 Å². The molecule has 114 valence electrons. The highest BCUT2D eigenvalue weighted by molar-refractivity contribution is 5.92. The Hall–Kier alpha value is -0.920. The molecule has 4 aliphatic carbocycles. The van der Waals surface area contributed by atoms with Gasteiger partial charge < -0.3 is 0 Å². The lowest BCUT2D eigenvalue weighted by Gasteiger charge is -2.57. The fourth-order valence-electron chi connectivity index (χ4n) is 6.19. The zero-order valence-corrected chi connectivity index (χ0v) is 13.3. The van der Waals surface area contributed by atoms with Gasteiger partial charge in [0, 0.05) is 24.7 Å². The molecule has 0 aromatic heterocycles. The summed E-state index contributed by atoms with van der Waals surface area (Å²) in [5.41, 5.74) is 1.67. The minimum atomic E-state index is -0.144. The maximum absolute atomic E-state index is 12.3. The number of carbonyl (C=O) groups excluding carboxylic acids is 2. The van der Waals surface area contributed by atoms with E-state index in [-0.39, 0.29) is 5.41 Å². The quantitative estimate of drug-likeness (QED) is 0.629. The molecule has 4 rings (SSSR count). The monoisotopic (exact) mass is 286 g/mol. The molecule has 0 unspecified atom stereocenters. The Morgan fingerprint density at radius 2 is 1.90 bits per heavy atom. The van der Waals surface area contributed by atoms with Crippen LogP contribution in [0.1, 0.15) is 65.2 Å². The van der Waals surface area contributed by atoms with E-state index < -0.39 is 0 Å². The summed E-state index contributed by atoms with van der Waals surface area (Å²) in [7, 11) is 0. The Labute approximate surface area is 127 Å². The number of fused-ring (bicyclic) bond motifs is 5. The predicted molar refractivity (Wildman–Crippen MR) is 81.7 cm³/mol. The van der Waals surface area contributed by atoms with Gasteiger partial charge in [-0.3, -0.25) is 9.59 Å². The van der Waals surface area contributed by atoms with Crippen molar-refractivity contribution in [1.82, 2.24) is 0 Å². The van der Waals surface area contributed by atoms with Gasteiger partial charge in [0.15, 0.2) is 0 Å². The summed E-state index contributed by atoms with van der Waals surface area (Å²) in [6.45, 7) is 4.63. The highest BCUT2D eigenvalue weighted by atomic mass is 16.1. The van der Waals surface area contributed by atoms with Crippen LogP contribution in [-0.2, 0) is 9.59 Å². The first-order chi connectivity index (χ1) is 9.95. The number of hydrogen-bond acceptors (Lipinski definition) is 2. The van der Waals surface area contributed by atoms with Gasteiger partial charge in [-0.05, 0) is 62.2 Å². The van der Waals surface area contributed by atoms with E-state index in [1.54, 1.807) is 0 Å². The van der Waals surface area contributed by atoms with Crippen LogP contribution in [0.3, 0.4) is 0 Å². The molecular weight excluding hydrogens is 260 g/mol. The van der Waals surface area contributed by atoms with E-state index in [1.165, 1.54) is 24.8 Å². The molecule has 0 N–H and O–H groups in total. The van der Waals surface area contributed by atoms with Crippen molar-refractivity contribution >= 4 is 11.6 Å². The third kappa shape index (κ3) is 1.71. The molecule has 5 atom stereocenters. The van der Waals surface area contributed by atoms with E-state index in [0.29, 0.717) is 41.2 Å². The van der Waals surface area contributed by atoms with Gasteiger partial charge in [0.05, 0.1) is 0 Å². The van der Waals surface area contributed by atoms with E-state index in [0.717, 1.165) is 25.7 Å². The van der Waals surface area contributed by atoms with Crippen LogP contribution < -0.4 is 0 Å². The zero-order valence-electron chi connectivity index (χ0n) is 13.3. The first-order valence-electron chi connectivity index (χ1n) is 8.71. The third-order valence-electron chi connectivity index (χ3n) is 7.62. The van der Waals surface area contributed by atoms with Crippen molar-refractivity contribution in [2.45, 2.75) is 65.2 Å². The highest BCUT2D eigenvalue weighted by Gasteiger charge is 2.57. The van der Waals surface area contributed by atoms with E-state index in [9.17, 15) is 9.59 Å². The van der Waals surface area contributed by atoms with Crippen molar-refractivity contribution in [2.75, 3.05) is 0 Å². The number of carbonyl (C=O) groups is 2. The SMILES string of the molecule is C[C@]12CC[C@@H]3[C@H](CC[C@H]4CC(=O)CC[C@]43C)C1=CCC2=O. The van der Waals surface area contributed by atoms with Crippen molar-refractivity contribution in [3.05, 3.63) is 11.6 Å². The first kappa shape index (κ1) is 13.7. The van der Waals surface area contributed by atoms with Crippen LogP contribution >= 0.6 is 0 Å². The van der Waals surface area contributed by atoms with Crippen LogP contribution in [0.15, 0.2) is 11.6 Å². The molecule has 0 aliphatic heterocycles. The molecule has 0 heterocycles. The molecule has 3 fully saturated rings. The maximum Gasteiger partial charge on any atom is 0.146 e. The standard InChI is InChI=1S/C19H26O2/c1-18-9-7-13(20)11-12(18)3-4-14-15-5-6-17(21)19(15,2)10-8-16(14)18/h5,12,14,16H,3-4,6-11H2,1-2H3/t12-,14+,16+,18+,19-/m0/s1. The van der Waals surface area contributed by atoms with Gasteiger partial charge in [0.25, 0.3) is 0 Å². The lowest BCUT2D eigenvalue weighted by molar-refractivity contribution is -0.133. The summed E-state index contributed by atoms with van der Waals surface area (Å²) in [4.78, 5) is 24.2. The van der Waals surface area contributed by atoms with Crippen LogP contribution in [0.5, 0.6) is 0 Å². The van der Waals surface area contributed by atoms with E-state index >= 15 is 0 Å². The van der Waals surface area contributed by atoms with Gasteiger partial charge in [-0.2, -0.15) is 0 Å². The van der Waals surface area contributed by atoms with E-state index in [2.05, 4.69) is 19.9 Å². The summed E-state index contributed by atoms with van der Waals surface area (Å²) in [5, 5.41) is 0. The largest absolute Gasteiger partial charge is 0.300 e. The number of allylic oxidation sites excluding steroid dienone is 2. The minimum Gasteiger partial charge on any atom is -0.300 e. The second kappa shape index (κ2) is 4.30. The lowest BCUT2D eigenvalue weighted by atomic mass is 9.46. The molecule has 0 amide bonds. The molecule has 0 spiro atoms. The van der Waals surface area contributed by atoms with Gasteiger partial charge in [-0.25, -0.2) is 0 Å². The summed E-state index contributed by atoms with van der Waals surface area (Å²) >= 11 is 0. The van der Waals surface area contributed by atoms with Gasteiger partial charge in [0.2, 0.25) is 0 Å². The minimum absolute atomic E-state index is 0.144. The molecular formula is C19H26O2. The molecule has 4 aliphatic rings. The Morgan fingerprint density at radius 3 is 2.71 bits per heavy atom. The topological polar surface area (TPSA) is 34.1 Å². The normalized spacial score (nSPS) is 49.2. The molecule has 0 aromatic carbocycles. The van der Waals surface area contributed by atoms with Gasteiger partial charge in [-0.15, -0.1) is 0 Å². The average molecular weight is 286 g/mol. The zero-order chi connectivity index (χ0) is 14.8. The summed E-state index contributed by atoms with van der Waals surface area (Å²) in [5.74, 6) is 2.84. The maximum atomic E-state index is 12.3. The Morgan fingerprint density at radius 1 is 1.10 bits per heavy atom. The van der Waals surface area contributed by atoms with Crippen molar-refractivity contribution < 1.29 is 9.59 Å². The molecule has 0 saturated heterocycles. The fraction of sp³-hybridized carbons (Fsp3) is 0.789. The fourth-order valence-corrected chi connectivity index (χ4v) is 6.19. The first-order valence-corrected chi connectivity index (χ1v) is 8.71. The lowest BCUT2D eigenvalue weighted by Crippen LogP contribution is -2.51. The van der Waals surface area contributed by atoms with Crippen molar-refractivity contribution in [2.24, 2.45) is 28.6 Å². The van der Waals surface area contributed by atoms with Crippen molar-refractivity contribution in [1.29, 1.82) is 0 Å². The number of Topliss-reactive ketones (excluding diaryl/α,β-unsaturated/α-hetero) is 2. The average Bonchev–Trinajstić information content (AvgIpc) is 2.76. The molecule has 0 bridgehead atoms. The molecule has 2 heteroatoms. The van der Waals surface area contributed by atoms with E-state index in [4.69, 9.17) is 0 Å². The van der Waals surface area contributed by atoms with Crippen molar-refractivity contribution in [3.8, 4) is 0 Å². The molecule has 21 heavy (non-hydrogen) atoms. The highest BCUT2D eigenvalue weighted by Crippen LogP contribution is 2.63. The van der Waals surface area contributed by atoms with Crippen LogP contribution in [0.25, 0.3) is 0 Å². The summed E-state index contributed by atoms with van der Waals surface area (Å²) < 4.78 is 0. The van der Waals surface area contributed by atoms with Gasteiger partial charge in [-0.1, -0.05) is 18.6 Å². The molecule has 0 aromatic rings. The third-order valence-corrected chi connectivity index (χ3v) is 7.62. The van der Waals surface area contributed by atoms with Gasteiger partial charge in [0.1, 0.15) is 11.6 Å². The number of ketones is 2. The van der Waals surface area contributed by atoms with Crippen LogP contribution in [0.4, 0.5) is 0 Å². The Balaban J connectivity index is 1.68. The Bertz CT molecular complexity index is 546. The second-order valence-electron chi connectivity index (χ2n) is 8.39. The molecule has 2 nitrogen and oxygen atoms in total.